The molecule has 0 atom stereocenters. The minimum absolute atomic E-state index is 0.0218. The molecule has 5 nitrogen and oxygen atoms in total. The highest BCUT2D eigenvalue weighted by Crippen LogP contribution is 2.28. The summed E-state index contributed by atoms with van der Waals surface area (Å²) in [5, 5.41) is 12.4. The molecule has 0 spiro atoms. The summed E-state index contributed by atoms with van der Waals surface area (Å²) in [6.07, 6.45) is 2.72. The Balaban J connectivity index is 1.89. The molecule has 0 aromatic heterocycles. The summed E-state index contributed by atoms with van der Waals surface area (Å²) in [5.41, 5.74) is 0.969. The van der Waals surface area contributed by atoms with Gasteiger partial charge in [-0.3, -0.25) is 4.79 Å². The molecule has 1 amide bonds. The fourth-order valence-electron chi connectivity index (χ4n) is 2.66. The van der Waals surface area contributed by atoms with Crippen LogP contribution in [0.25, 0.3) is 0 Å². The number of nitrogens with one attached hydrogen (secondary N) is 1. The SMILES string of the molecule is COc1ccc(CNC(=O)C2CCC(O)CC2)cc1OC. The number of rotatable bonds is 5. The van der Waals surface area contributed by atoms with E-state index in [1.807, 2.05) is 18.2 Å². The van der Waals surface area contributed by atoms with Crippen LogP contribution in [0.3, 0.4) is 0 Å². The number of carbonyl (C=O) groups excluding carboxylic acids is 1. The highest BCUT2D eigenvalue weighted by Gasteiger charge is 2.24. The zero-order valence-corrected chi connectivity index (χ0v) is 12.6. The fourth-order valence-corrected chi connectivity index (χ4v) is 2.66. The number of ether oxygens (including phenoxy) is 2. The third-order valence-corrected chi connectivity index (χ3v) is 3.98. The number of benzene rings is 1. The second-order valence-corrected chi connectivity index (χ2v) is 5.41. The van der Waals surface area contributed by atoms with Gasteiger partial charge in [0.1, 0.15) is 0 Å². The molecule has 1 aromatic carbocycles. The van der Waals surface area contributed by atoms with Gasteiger partial charge in [-0.1, -0.05) is 6.07 Å². The van der Waals surface area contributed by atoms with Gasteiger partial charge in [0.05, 0.1) is 20.3 Å². The number of methoxy groups -OCH3 is 2. The zero-order valence-electron chi connectivity index (χ0n) is 12.6. The number of aliphatic hydroxyl groups excluding tert-OH is 1. The minimum Gasteiger partial charge on any atom is -0.493 e. The molecule has 1 fully saturated rings. The average molecular weight is 293 g/mol. The van der Waals surface area contributed by atoms with Crippen LogP contribution >= 0.6 is 0 Å². The fraction of sp³-hybridized carbons (Fsp3) is 0.562. The molecular weight excluding hydrogens is 270 g/mol. The quantitative estimate of drug-likeness (QED) is 0.869. The summed E-state index contributed by atoms with van der Waals surface area (Å²) in [5.74, 6) is 1.42. The van der Waals surface area contributed by atoms with Crippen molar-refractivity contribution in [1.82, 2.24) is 5.32 Å². The van der Waals surface area contributed by atoms with E-state index in [4.69, 9.17) is 9.47 Å². The predicted molar refractivity (Wildman–Crippen MR) is 79.4 cm³/mol. The number of aliphatic hydroxyl groups is 1. The summed E-state index contributed by atoms with van der Waals surface area (Å²) < 4.78 is 10.4. The van der Waals surface area contributed by atoms with Crippen LogP contribution in [0.5, 0.6) is 11.5 Å². The molecule has 1 saturated carbocycles. The molecule has 0 aliphatic heterocycles. The van der Waals surface area contributed by atoms with Crippen LogP contribution in [0.4, 0.5) is 0 Å². The Hall–Kier alpha value is -1.75. The van der Waals surface area contributed by atoms with E-state index >= 15 is 0 Å². The van der Waals surface area contributed by atoms with Crippen molar-refractivity contribution in [1.29, 1.82) is 0 Å². The Morgan fingerprint density at radius 2 is 1.86 bits per heavy atom. The van der Waals surface area contributed by atoms with Gasteiger partial charge in [-0.05, 0) is 43.4 Å². The van der Waals surface area contributed by atoms with Gasteiger partial charge in [-0.25, -0.2) is 0 Å². The van der Waals surface area contributed by atoms with Crippen LogP contribution in [0.1, 0.15) is 31.2 Å². The number of hydrogen-bond donors (Lipinski definition) is 2. The van der Waals surface area contributed by atoms with Crippen molar-refractivity contribution >= 4 is 5.91 Å². The van der Waals surface area contributed by atoms with Crippen LogP contribution in [0.15, 0.2) is 18.2 Å². The smallest absolute Gasteiger partial charge is 0.223 e. The van der Waals surface area contributed by atoms with Gasteiger partial charge >= 0.3 is 0 Å². The summed E-state index contributed by atoms with van der Waals surface area (Å²) in [6, 6.07) is 5.60. The van der Waals surface area contributed by atoms with Gasteiger partial charge in [-0.15, -0.1) is 0 Å². The van der Waals surface area contributed by atoms with Crippen molar-refractivity contribution in [3.05, 3.63) is 23.8 Å². The second-order valence-electron chi connectivity index (χ2n) is 5.41. The highest BCUT2D eigenvalue weighted by atomic mass is 16.5. The molecule has 2 rings (SSSR count). The van der Waals surface area contributed by atoms with Crippen LogP contribution in [-0.2, 0) is 11.3 Å². The molecule has 1 aliphatic rings. The lowest BCUT2D eigenvalue weighted by atomic mass is 9.87. The van der Waals surface area contributed by atoms with Gasteiger partial charge in [0.15, 0.2) is 11.5 Å². The summed E-state index contributed by atoms with van der Waals surface area (Å²) >= 11 is 0. The van der Waals surface area contributed by atoms with Crippen molar-refractivity contribution in [2.45, 2.75) is 38.3 Å². The van der Waals surface area contributed by atoms with Crippen molar-refractivity contribution in [3.8, 4) is 11.5 Å². The maximum atomic E-state index is 12.1. The van der Waals surface area contributed by atoms with E-state index in [-0.39, 0.29) is 17.9 Å². The first-order valence-corrected chi connectivity index (χ1v) is 7.30. The van der Waals surface area contributed by atoms with E-state index in [1.165, 1.54) is 0 Å². The number of carbonyl (C=O) groups is 1. The lowest BCUT2D eigenvalue weighted by molar-refractivity contribution is -0.126. The van der Waals surface area contributed by atoms with Gasteiger partial charge in [0, 0.05) is 12.5 Å². The first kappa shape index (κ1) is 15.6. The molecule has 0 unspecified atom stereocenters. The Morgan fingerprint density at radius 1 is 1.19 bits per heavy atom. The Bertz CT molecular complexity index is 481. The molecule has 1 aliphatic carbocycles. The van der Waals surface area contributed by atoms with Crippen molar-refractivity contribution in [2.24, 2.45) is 5.92 Å². The molecule has 116 valence electrons. The maximum Gasteiger partial charge on any atom is 0.223 e. The molecule has 5 heteroatoms. The van der Waals surface area contributed by atoms with Gasteiger partial charge < -0.3 is 19.9 Å². The van der Waals surface area contributed by atoms with Crippen molar-refractivity contribution in [2.75, 3.05) is 14.2 Å². The van der Waals surface area contributed by atoms with Crippen LogP contribution in [-0.4, -0.2) is 31.3 Å². The van der Waals surface area contributed by atoms with Gasteiger partial charge in [0.2, 0.25) is 5.91 Å². The van der Waals surface area contributed by atoms with Gasteiger partial charge in [0.25, 0.3) is 0 Å². The normalized spacial score (nSPS) is 21.7. The van der Waals surface area contributed by atoms with Crippen molar-refractivity contribution < 1.29 is 19.4 Å². The topological polar surface area (TPSA) is 67.8 Å². The van der Waals surface area contributed by atoms with Crippen molar-refractivity contribution in [3.63, 3.8) is 0 Å². The minimum atomic E-state index is -0.236. The predicted octanol–water partition coefficient (Wildman–Crippen LogP) is 1.87. The first-order valence-electron chi connectivity index (χ1n) is 7.30. The highest BCUT2D eigenvalue weighted by molar-refractivity contribution is 5.78. The van der Waals surface area contributed by atoms with Crippen LogP contribution < -0.4 is 14.8 Å². The van der Waals surface area contributed by atoms with E-state index in [0.717, 1.165) is 18.4 Å². The van der Waals surface area contributed by atoms with E-state index in [2.05, 4.69) is 5.32 Å². The summed E-state index contributed by atoms with van der Waals surface area (Å²) in [7, 11) is 3.18. The third-order valence-electron chi connectivity index (χ3n) is 3.98. The molecule has 0 heterocycles. The second kappa shape index (κ2) is 7.31. The molecule has 0 saturated heterocycles. The van der Waals surface area contributed by atoms with E-state index in [0.29, 0.717) is 30.9 Å². The third kappa shape index (κ3) is 4.11. The zero-order chi connectivity index (χ0) is 15.2. The van der Waals surface area contributed by atoms with E-state index in [1.54, 1.807) is 14.2 Å². The standard InChI is InChI=1S/C16H23NO4/c1-20-14-8-3-11(9-15(14)21-2)10-17-16(19)12-4-6-13(18)7-5-12/h3,8-9,12-13,18H,4-7,10H2,1-2H3,(H,17,19). The summed E-state index contributed by atoms with van der Waals surface area (Å²) in [6.45, 7) is 0.470. The average Bonchev–Trinajstić information content (AvgIpc) is 2.52. The Labute approximate surface area is 125 Å². The van der Waals surface area contributed by atoms with Gasteiger partial charge in [-0.2, -0.15) is 0 Å². The summed E-state index contributed by atoms with van der Waals surface area (Å²) in [4.78, 5) is 12.1. The first-order chi connectivity index (χ1) is 10.1. The number of amides is 1. The monoisotopic (exact) mass is 293 g/mol. The lowest BCUT2D eigenvalue weighted by Gasteiger charge is -2.24. The molecule has 1 aromatic rings. The van der Waals surface area contributed by atoms with E-state index < -0.39 is 0 Å². The Morgan fingerprint density at radius 3 is 2.48 bits per heavy atom. The number of hydrogen-bond acceptors (Lipinski definition) is 4. The molecule has 0 bridgehead atoms. The maximum absolute atomic E-state index is 12.1. The van der Waals surface area contributed by atoms with E-state index in [9.17, 15) is 9.90 Å². The molecule has 21 heavy (non-hydrogen) atoms. The molecular formula is C16H23NO4. The molecule has 2 N–H and O–H groups in total. The molecule has 0 radical (unpaired) electrons. The van der Waals surface area contributed by atoms with Crippen LogP contribution in [0, 0.1) is 5.92 Å². The largest absolute Gasteiger partial charge is 0.493 e. The van der Waals surface area contributed by atoms with Crippen LogP contribution in [0.2, 0.25) is 0 Å². The lowest BCUT2D eigenvalue weighted by Crippen LogP contribution is -2.33. The Kier molecular flexibility index (Phi) is 5.44.